The van der Waals surface area contributed by atoms with Gasteiger partial charge in [-0.3, -0.25) is 29.0 Å². The topological polar surface area (TPSA) is 91.8 Å². The molecule has 154 valence electrons. The van der Waals surface area contributed by atoms with Crippen LogP contribution in [0.3, 0.4) is 0 Å². The molecule has 0 unspecified atom stereocenters. The van der Waals surface area contributed by atoms with E-state index < -0.39 is 17.8 Å². The normalized spacial score (nSPS) is 14.0. The SMILES string of the molecule is C=C(C)C(=O)SCCCCN1C(=O)C(=O)N(CCCCSC(=O)C(=C)C)C1=O. The molecule has 7 nitrogen and oxygen atoms in total. The summed E-state index contributed by atoms with van der Waals surface area (Å²) in [6.07, 6.45) is 2.33. The van der Waals surface area contributed by atoms with E-state index in [0.29, 0.717) is 48.3 Å². The first-order valence-electron chi connectivity index (χ1n) is 8.99. The van der Waals surface area contributed by atoms with Gasteiger partial charge in [-0.25, -0.2) is 4.79 Å². The highest BCUT2D eigenvalue weighted by Gasteiger charge is 2.43. The van der Waals surface area contributed by atoms with E-state index in [0.717, 1.165) is 33.3 Å². The number of hydrogen-bond acceptors (Lipinski definition) is 7. The zero-order valence-electron chi connectivity index (χ0n) is 16.3. The van der Waals surface area contributed by atoms with Crippen LogP contribution in [0.25, 0.3) is 0 Å². The molecule has 4 amide bonds. The fourth-order valence-corrected chi connectivity index (χ4v) is 3.83. The Labute approximate surface area is 173 Å². The van der Waals surface area contributed by atoms with Gasteiger partial charge in [0.15, 0.2) is 0 Å². The maximum absolute atomic E-state index is 12.3. The lowest BCUT2D eigenvalue weighted by Gasteiger charge is -2.15. The molecule has 0 aliphatic carbocycles. The van der Waals surface area contributed by atoms with Crippen LogP contribution in [0.4, 0.5) is 4.79 Å². The summed E-state index contributed by atoms with van der Waals surface area (Å²) >= 11 is 2.31. The van der Waals surface area contributed by atoms with Crippen molar-refractivity contribution in [2.75, 3.05) is 24.6 Å². The second-order valence-corrected chi connectivity index (χ2v) is 8.58. The number of urea groups is 1. The predicted molar refractivity (Wildman–Crippen MR) is 112 cm³/mol. The molecule has 0 N–H and O–H groups in total. The van der Waals surface area contributed by atoms with Crippen LogP contribution in [0.1, 0.15) is 39.5 Å². The predicted octanol–water partition coefficient (Wildman–Crippen LogP) is 3.01. The van der Waals surface area contributed by atoms with Crippen LogP contribution in [-0.2, 0) is 19.2 Å². The molecule has 1 heterocycles. The third-order valence-corrected chi connectivity index (χ3v) is 6.06. The van der Waals surface area contributed by atoms with Gasteiger partial charge >= 0.3 is 17.8 Å². The number of imide groups is 2. The third kappa shape index (κ3) is 7.27. The van der Waals surface area contributed by atoms with Crippen LogP contribution in [0, 0.1) is 0 Å². The Hall–Kier alpha value is -1.87. The lowest BCUT2D eigenvalue weighted by molar-refractivity contribution is -0.143. The van der Waals surface area contributed by atoms with Crippen LogP contribution < -0.4 is 0 Å². The second-order valence-electron chi connectivity index (χ2n) is 6.44. The Bertz CT molecular complexity index is 634. The Kier molecular flexibility index (Phi) is 10.2. The van der Waals surface area contributed by atoms with E-state index >= 15 is 0 Å². The number of thioether (sulfide) groups is 2. The van der Waals surface area contributed by atoms with Crippen molar-refractivity contribution in [3.05, 3.63) is 24.3 Å². The number of rotatable bonds is 12. The van der Waals surface area contributed by atoms with E-state index in [1.807, 2.05) is 0 Å². The number of carbonyl (C=O) groups excluding carboxylic acids is 5. The van der Waals surface area contributed by atoms with Gasteiger partial charge in [0.05, 0.1) is 0 Å². The Morgan fingerprint density at radius 2 is 1.11 bits per heavy atom. The van der Waals surface area contributed by atoms with Crippen molar-refractivity contribution >= 4 is 51.6 Å². The summed E-state index contributed by atoms with van der Waals surface area (Å²) in [5, 5.41) is -0.143. The van der Waals surface area contributed by atoms with Gasteiger partial charge in [0, 0.05) is 24.6 Å². The van der Waals surface area contributed by atoms with Crippen LogP contribution in [0.5, 0.6) is 0 Å². The number of unbranched alkanes of at least 4 members (excludes halogenated alkanes) is 2. The van der Waals surface area contributed by atoms with Crippen LogP contribution >= 0.6 is 23.5 Å². The third-order valence-electron chi connectivity index (χ3n) is 3.85. The number of hydrogen-bond donors (Lipinski definition) is 0. The Balaban J connectivity index is 2.34. The van der Waals surface area contributed by atoms with Crippen LogP contribution in [0.15, 0.2) is 24.3 Å². The summed E-state index contributed by atoms with van der Waals surface area (Å²) in [5.41, 5.74) is 0.969. The van der Waals surface area contributed by atoms with Gasteiger partial charge in [-0.1, -0.05) is 36.7 Å². The first kappa shape index (κ1) is 24.2. The second kappa shape index (κ2) is 11.9. The number of amides is 4. The van der Waals surface area contributed by atoms with Crippen molar-refractivity contribution in [2.24, 2.45) is 0 Å². The van der Waals surface area contributed by atoms with E-state index in [2.05, 4.69) is 13.2 Å². The molecule has 1 fully saturated rings. The van der Waals surface area contributed by atoms with Crippen molar-refractivity contribution in [3.8, 4) is 0 Å². The molecular weight excluding hydrogens is 400 g/mol. The maximum atomic E-state index is 12.3. The molecule has 0 saturated carbocycles. The summed E-state index contributed by atoms with van der Waals surface area (Å²) in [4.78, 5) is 61.2. The van der Waals surface area contributed by atoms with E-state index in [1.54, 1.807) is 13.8 Å². The first-order chi connectivity index (χ1) is 13.2. The first-order valence-corrected chi connectivity index (χ1v) is 11.0. The average Bonchev–Trinajstić information content (AvgIpc) is 2.84. The number of carbonyl (C=O) groups is 5. The van der Waals surface area contributed by atoms with Crippen molar-refractivity contribution in [1.82, 2.24) is 9.80 Å². The summed E-state index contributed by atoms with van der Waals surface area (Å²) < 4.78 is 0. The van der Waals surface area contributed by atoms with E-state index in [9.17, 15) is 24.0 Å². The van der Waals surface area contributed by atoms with Gasteiger partial charge in [0.25, 0.3) is 0 Å². The molecule has 1 rings (SSSR count). The molecule has 0 atom stereocenters. The molecule has 0 aromatic carbocycles. The molecule has 28 heavy (non-hydrogen) atoms. The van der Waals surface area contributed by atoms with Gasteiger partial charge in [-0.15, -0.1) is 0 Å². The molecule has 0 spiro atoms. The van der Waals surface area contributed by atoms with Crippen LogP contribution in [-0.4, -0.2) is 62.5 Å². The molecule has 0 radical (unpaired) electrons. The van der Waals surface area contributed by atoms with Crippen molar-refractivity contribution in [3.63, 3.8) is 0 Å². The van der Waals surface area contributed by atoms with Gasteiger partial charge in [-0.05, 0) is 50.7 Å². The molecule has 0 bridgehead atoms. The minimum absolute atomic E-state index is 0.0715. The smallest absolute Gasteiger partial charge is 0.282 e. The molecule has 1 aliphatic heterocycles. The van der Waals surface area contributed by atoms with Gasteiger partial charge in [0.1, 0.15) is 0 Å². The largest absolute Gasteiger partial charge is 0.334 e. The van der Waals surface area contributed by atoms with Gasteiger partial charge in [-0.2, -0.15) is 0 Å². The quantitative estimate of drug-likeness (QED) is 0.205. The van der Waals surface area contributed by atoms with E-state index in [4.69, 9.17) is 0 Å². The van der Waals surface area contributed by atoms with E-state index in [1.165, 1.54) is 0 Å². The molecule has 1 saturated heterocycles. The molecular formula is C19H26N2O5S2. The van der Waals surface area contributed by atoms with Crippen molar-refractivity contribution < 1.29 is 24.0 Å². The highest BCUT2D eigenvalue weighted by Crippen LogP contribution is 2.17. The fraction of sp³-hybridized carbons (Fsp3) is 0.526. The molecule has 0 aromatic heterocycles. The number of nitrogens with zero attached hydrogens (tertiary/aromatic N) is 2. The standard InChI is InChI=1S/C19H26N2O5S2/c1-13(2)17(24)27-11-7-5-9-20-15(22)16(23)21(19(20)26)10-6-8-12-28-18(25)14(3)4/h1,3,5-12H2,2,4H3. The summed E-state index contributed by atoms with van der Waals surface area (Å²) in [6.45, 7) is 10.8. The molecule has 9 heteroatoms. The van der Waals surface area contributed by atoms with Crippen molar-refractivity contribution in [2.45, 2.75) is 39.5 Å². The Morgan fingerprint density at radius 1 is 0.750 bits per heavy atom. The highest BCUT2D eigenvalue weighted by molar-refractivity contribution is 8.14. The summed E-state index contributed by atoms with van der Waals surface area (Å²) in [5.74, 6) is -0.467. The Morgan fingerprint density at radius 3 is 1.43 bits per heavy atom. The minimum atomic E-state index is -0.803. The maximum Gasteiger partial charge on any atom is 0.334 e. The molecule has 0 aromatic rings. The lowest BCUT2D eigenvalue weighted by atomic mass is 10.3. The van der Waals surface area contributed by atoms with E-state index in [-0.39, 0.29) is 23.3 Å². The van der Waals surface area contributed by atoms with Gasteiger partial charge in [0.2, 0.25) is 10.2 Å². The van der Waals surface area contributed by atoms with Crippen molar-refractivity contribution in [1.29, 1.82) is 0 Å². The zero-order chi connectivity index (χ0) is 21.3. The van der Waals surface area contributed by atoms with Gasteiger partial charge < -0.3 is 0 Å². The molecule has 1 aliphatic rings. The summed E-state index contributed by atoms with van der Waals surface area (Å²) in [7, 11) is 0. The van der Waals surface area contributed by atoms with Crippen LogP contribution in [0.2, 0.25) is 0 Å². The lowest BCUT2D eigenvalue weighted by Crippen LogP contribution is -2.34. The zero-order valence-corrected chi connectivity index (χ0v) is 18.0. The fourth-order valence-electron chi connectivity index (χ4n) is 2.26. The minimum Gasteiger partial charge on any atom is -0.282 e. The highest BCUT2D eigenvalue weighted by atomic mass is 32.2. The summed E-state index contributed by atoms with van der Waals surface area (Å²) in [6, 6.07) is -0.591. The average molecular weight is 427 g/mol. The monoisotopic (exact) mass is 426 g/mol.